The van der Waals surface area contributed by atoms with Crippen LogP contribution in [0.15, 0.2) is 59.4 Å². The third-order valence-corrected chi connectivity index (χ3v) is 7.05. The molecule has 0 saturated carbocycles. The standard InChI is InChI=1S/C27H18FN3O7.CH4/c1-2-27(38-25(33)15-6-3-4-7-19(15)28)18-11-22-23-14(12-30(22)24(32)17(18)13-37-26(27)34)10-16-20(29-23)8-5-9-21(16)31(35)36;/h3-11H,2,12-13H2,1H3;1H4/t27-;/m0./s1. The number of nitro groups is 1. The van der Waals surface area contributed by atoms with E-state index in [-0.39, 0.29) is 49.4 Å². The minimum absolute atomic E-state index is 0. The third-order valence-electron chi connectivity index (χ3n) is 7.05. The Kier molecular flexibility index (Phi) is 6.01. The number of non-ortho nitro benzene ring substituents is 1. The average molecular weight is 531 g/mol. The van der Waals surface area contributed by atoms with E-state index < -0.39 is 33.8 Å². The first-order valence-electron chi connectivity index (χ1n) is 11.7. The molecule has 0 bridgehead atoms. The van der Waals surface area contributed by atoms with Gasteiger partial charge in [-0.3, -0.25) is 14.9 Å². The molecule has 1 atom stereocenters. The van der Waals surface area contributed by atoms with Crippen LogP contribution in [0.5, 0.6) is 0 Å². The molecule has 0 saturated heterocycles. The van der Waals surface area contributed by atoms with E-state index in [1.54, 1.807) is 25.1 Å². The summed E-state index contributed by atoms with van der Waals surface area (Å²) in [5.41, 5.74) is -0.920. The van der Waals surface area contributed by atoms with Gasteiger partial charge in [-0.15, -0.1) is 0 Å². The topological polar surface area (TPSA) is 131 Å². The molecule has 2 aromatic carbocycles. The number of pyridine rings is 2. The fraction of sp³-hybridized carbons (Fsp3) is 0.214. The molecule has 4 aromatic rings. The van der Waals surface area contributed by atoms with Gasteiger partial charge >= 0.3 is 11.9 Å². The van der Waals surface area contributed by atoms with Crippen LogP contribution < -0.4 is 5.56 Å². The first kappa shape index (κ1) is 25.7. The predicted octanol–water partition coefficient (Wildman–Crippen LogP) is 4.63. The Morgan fingerprint density at radius 2 is 1.97 bits per heavy atom. The first-order valence-corrected chi connectivity index (χ1v) is 11.7. The maximum absolute atomic E-state index is 14.3. The van der Waals surface area contributed by atoms with E-state index in [1.165, 1.54) is 34.9 Å². The van der Waals surface area contributed by atoms with Crippen LogP contribution in [0.25, 0.3) is 22.3 Å². The average Bonchev–Trinajstić information content (AvgIpc) is 3.26. The van der Waals surface area contributed by atoms with E-state index in [2.05, 4.69) is 4.98 Å². The van der Waals surface area contributed by atoms with Gasteiger partial charge in [0, 0.05) is 17.2 Å². The second kappa shape index (κ2) is 9.12. The number of hydrogen-bond donors (Lipinski definition) is 0. The van der Waals surface area contributed by atoms with Crippen molar-refractivity contribution in [3.63, 3.8) is 0 Å². The van der Waals surface area contributed by atoms with Crippen molar-refractivity contribution in [1.29, 1.82) is 0 Å². The Hall–Kier alpha value is -4.93. The van der Waals surface area contributed by atoms with Crippen LogP contribution in [0.1, 0.15) is 47.8 Å². The van der Waals surface area contributed by atoms with Gasteiger partial charge in [-0.05, 0) is 36.8 Å². The molecule has 10 nitrogen and oxygen atoms in total. The Balaban J connectivity index is 0.00000308. The molecule has 11 heteroatoms. The highest BCUT2D eigenvalue weighted by Crippen LogP contribution is 2.42. The lowest BCUT2D eigenvalue weighted by Crippen LogP contribution is -2.47. The lowest BCUT2D eigenvalue weighted by Gasteiger charge is -2.35. The number of cyclic esters (lactones) is 1. The van der Waals surface area contributed by atoms with Gasteiger partial charge in [-0.25, -0.2) is 19.0 Å². The molecule has 0 aliphatic carbocycles. The SMILES string of the molecule is C.CC[C@@]1(OC(=O)c2ccccc2F)C(=O)OCc2c1cc1n(c2=O)Cc2cc3c([N+](=O)[O-])cccc3nc2-1. The second-order valence-electron chi connectivity index (χ2n) is 9.04. The lowest BCUT2D eigenvalue weighted by atomic mass is 9.85. The zero-order chi connectivity index (χ0) is 26.8. The Morgan fingerprint density at radius 1 is 1.21 bits per heavy atom. The van der Waals surface area contributed by atoms with Crippen molar-refractivity contribution in [3.8, 4) is 11.4 Å². The van der Waals surface area contributed by atoms with Gasteiger partial charge in [0.05, 0.1) is 44.9 Å². The summed E-state index contributed by atoms with van der Waals surface area (Å²) in [6.45, 7) is 1.37. The molecule has 0 radical (unpaired) electrons. The van der Waals surface area contributed by atoms with Crippen LogP contribution >= 0.6 is 0 Å². The number of aromatic nitrogens is 2. The van der Waals surface area contributed by atoms with Gasteiger partial charge in [-0.2, -0.15) is 0 Å². The van der Waals surface area contributed by atoms with E-state index in [1.807, 2.05) is 0 Å². The summed E-state index contributed by atoms with van der Waals surface area (Å²) < 4.78 is 26.7. The molecule has 2 aromatic heterocycles. The molecule has 39 heavy (non-hydrogen) atoms. The van der Waals surface area contributed by atoms with Crippen LogP contribution in [0, 0.1) is 15.9 Å². The summed E-state index contributed by atoms with van der Waals surface area (Å²) in [4.78, 5) is 55.3. The Bertz CT molecular complexity index is 1780. The van der Waals surface area contributed by atoms with E-state index in [9.17, 15) is 28.9 Å². The number of benzene rings is 2. The van der Waals surface area contributed by atoms with Crippen LogP contribution in [0.2, 0.25) is 0 Å². The number of esters is 2. The summed E-state index contributed by atoms with van der Waals surface area (Å²) in [6, 6.07) is 12.9. The number of carbonyl (C=O) groups is 2. The zero-order valence-electron chi connectivity index (χ0n) is 19.9. The summed E-state index contributed by atoms with van der Waals surface area (Å²) in [7, 11) is 0. The smallest absolute Gasteiger partial charge is 0.355 e. The number of nitrogens with zero attached hydrogens (tertiary/aromatic N) is 3. The minimum Gasteiger partial charge on any atom is -0.457 e. The molecule has 6 rings (SSSR count). The maximum atomic E-state index is 14.3. The number of ether oxygens (including phenoxy) is 2. The van der Waals surface area contributed by atoms with Crippen molar-refractivity contribution in [2.75, 3.05) is 0 Å². The number of carbonyl (C=O) groups excluding carboxylic acids is 2. The van der Waals surface area contributed by atoms with Gasteiger partial charge in [0.2, 0.25) is 5.60 Å². The van der Waals surface area contributed by atoms with Gasteiger partial charge in [0.25, 0.3) is 11.2 Å². The molecule has 0 N–H and O–H groups in total. The largest absolute Gasteiger partial charge is 0.457 e. The fourth-order valence-electron chi connectivity index (χ4n) is 5.14. The predicted molar refractivity (Wildman–Crippen MR) is 138 cm³/mol. The van der Waals surface area contributed by atoms with Crippen LogP contribution in [0.4, 0.5) is 10.1 Å². The second-order valence-corrected chi connectivity index (χ2v) is 9.04. The molecular weight excluding hydrogens is 509 g/mol. The van der Waals surface area contributed by atoms with Crippen LogP contribution in [-0.2, 0) is 33.0 Å². The first-order chi connectivity index (χ1) is 18.2. The van der Waals surface area contributed by atoms with E-state index >= 15 is 0 Å². The summed E-state index contributed by atoms with van der Waals surface area (Å²) in [5, 5.41) is 11.9. The molecule has 0 amide bonds. The highest BCUT2D eigenvalue weighted by atomic mass is 19.1. The maximum Gasteiger partial charge on any atom is 0.355 e. The molecule has 2 aliphatic rings. The van der Waals surface area contributed by atoms with Crippen molar-refractivity contribution in [2.24, 2.45) is 0 Å². The van der Waals surface area contributed by atoms with Crippen LogP contribution in [0.3, 0.4) is 0 Å². The molecule has 198 valence electrons. The summed E-state index contributed by atoms with van der Waals surface area (Å²) >= 11 is 0. The van der Waals surface area contributed by atoms with Gasteiger partial charge in [0.1, 0.15) is 12.4 Å². The molecule has 0 fully saturated rings. The van der Waals surface area contributed by atoms with Crippen molar-refractivity contribution >= 4 is 28.5 Å². The highest BCUT2D eigenvalue weighted by Gasteiger charge is 2.50. The van der Waals surface area contributed by atoms with Gasteiger partial charge in [-0.1, -0.05) is 32.5 Å². The number of hydrogen-bond acceptors (Lipinski definition) is 8. The van der Waals surface area contributed by atoms with E-state index in [0.717, 1.165) is 6.07 Å². The van der Waals surface area contributed by atoms with Crippen molar-refractivity contribution in [3.05, 3.63) is 103 Å². The lowest BCUT2D eigenvalue weighted by molar-refractivity contribution is -0.383. The van der Waals surface area contributed by atoms with Crippen LogP contribution in [-0.4, -0.2) is 26.4 Å². The monoisotopic (exact) mass is 531 g/mol. The number of nitro benzene ring substituents is 1. The molecule has 0 unspecified atom stereocenters. The number of halogens is 1. The van der Waals surface area contributed by atoms with E-state index in [4.69, 9.17) is 9.47 Å². The molecule has 4 heterocycles. The normalized spacial score (nSPS) is 16.9. The number of rotatable bonds is 4. The molecule has 0 spiro atoms. The summed E-state index contributed by atoms with van der Waals surface area (Å²) in [5.74, 6) is -2.77. The van der Waals surface area contributed by atoms with Crippen molar-refractivity contribution < 1.29 is 28.4 Å². The molecule has 2 aliphatic heterocycles. The van der Waals surface area contributed by atoms with Gasteiger partial charge < -0.3 is 14.0 Å². The van der Waals surface area contributed by atoms with E-state index in [0.29, 0.717) is 27.9 Å². The fourth-order valence-corrected chi connectivity index (χ4v) is 5.14. The quantitative estimate of drug-likeness (QED) is 0.186. The Morgan fingerprint density at radius 3 is 2.69 bits per heavy atom. The molecular formula is C28H22FN3O7. The Labute approximate surface area is 220 Å². The summed E-state index contributed by atoms with van der Waals surface area (Å²) in [6.07, 6.45) is -0.0773. The minimum atomic E-state index is -1.99. The zero-order valence-corrected chi connectivity index (χ0v) is 19.9. The highest BCUT2D eigenvalue weighted by molar-refractivity contribution is 5.94. The number of fused-ring (bicyclic) bond motifs is 5. The van der Waals surface area contributed by atoms with Crippen molar-refractivity contribution in [1.82, 2.24) is 9.55 Å². The van der Waals surface area contributed by atoms with Gasteiger partial charge in [0.15, 0.2) is 0 Å². The van der Waals surface area contributed by atoms with Crippen molar-refractivity contribution in [2.45, 2.75) is 39.5 Å². The third kappa shape index (κ3) is 3.69.